The van der Waals surface area contributed by atoms with Crippen LogP contribution in [0.1, 0.15) is 79.1 Å². The minimum absolute atomic E-state index is 0.121. The molecule has 30 heteroatoms. The molecule has 0 aromatic heterocycles. The second kappa shape index (κ2) is 38.0. The summed E-state index contributed by atoms with van der Waals surface area (Å²) in [6, 6.07) is -1.48. The molecule has 28 atom stereocenters. The predicted molar refractivity (Wildman–Crippen MR) is 335 cm³/mol. The summed E-state index contributed by atoms with van der Waals surface area (Å²) in [6.07, 6.45) is -13.8. The van der Waals surface area contributed by atoms with E-state index in [0.717, 1.165) is 0 Å². The summed E-state index contributed by atoms with van der Waals surface area (Å²) >= 11 is 0. The first-order valence-corrected chi connectivity index (χ1v) is 32.7. The van der Waals surface area contributed by atoms with Crippen molar-refractivity contribution in [3.63, 3.8) is 0 Å². The summed E-state index contributed by atoms with van der Waals surface area (Å²) < 4.78 is 41.0. The van der Waals surface area contributed by atoms with E-state index in [1.165, 1.54) is 17.9 Å². The number of rotatable bonds is 11. The molecule has 19 N–H and O–H groups in total. The highest BCUT2D eigenvalue weighted by molar-refractivity contribution is 5.80. The van der Waals surface area contributed by atoms with Crippen LogP contribution in [0.15, 0.2) is 85.1 Å². The van der Waals surface area contributed by atoms with Gasteiger partial charge in [-0.2, -0.15) is 0 Å². The standard InChI is InChI=1S/C65H105N3O27/c1-36-17-15-13-11-9-7-5-6-8-10-12-14-16-18-43(92-62-56(82)52(54(80)39(4)91-62)66-35-65(88)60(85)59(47(77)34-89-65)94-63-58(84)57(83)55(81)49(33-70)93-63)30-48-51(61(86)68-23-21-67(22-24-68)25-26-69)46(76)32-64(87,95-48)31-42(73)28-45(75)44(74)20-19-40(71)27-41(72)29-50(78)90-38(3)37(2)53(36)79/h5-18,36-49,51-60,62-63,66,69-77,79-85,87-88H,19-35H2,1-4H3/b6-5+,9-7+,10-8+,13-11+,14-12+,17-15+,18-16+/t36-,37?,38-,39+,40+,41+,42-,43-,44+,45+,46-,47+,48?,49+,51?,52-,53+,54+,55-,56-,57-,58+,59+,60-,62?,63?,64+,65+/m0/s1. The van der Waals surface area contributed by atoms with Gasteiger partial charge in [-0.25, -0.2) is 0 Å². The van der Waals surface area contributed by atoms with Gasteiger partial charge in [-0.15, -0.1) is 0 Å². The summed E-state index contributed by atoms with van der Waals surface area (Å²) in [6.45, 7) is 5.64. The quantitative estimate of drug-likeness (QED) is 0.0862. The molecule has 2 bridgehead atoms. The van der Waals surface area contributed by atoms with Crippen molar-refractivity contribution >= 4 is 11.9 Å². The van der Waals surface area contributed by atoms with E-state index in [1.807, 2.05) is 11.8 Å². The van der Waals surface area contributed by atoms with Gasteiger partial charge < -0.3 is 135 Å². The lowest BCUT2D eigenvalue weighted by Crippen LogP contribution is -2.70. The molecule has 1 amide bonds. The zero-order valence-electron chi connectivity index (χ0n) is 54.2. The molecule has 30 nitrogen and oxygen atoms in total. The summed E-state index contributed by atoms with van der Waals surface area (Å²) in [5, 5.41) is 201. The number of hydrogen-bond acceptors (Lipinski definition) is 29. The lowest BCUT2D eigenvalue weighted by Gasteiger charge is -2.48. The zero-order valence-corrected chi connectivity index (χ0v) is 54.2. The number of cyclic esters (lactones) is 1. The van der Waals surface area contributed by atoms with Crippen molar-refractivity contribution in [1.82, 2.24) is 15.1 Å². The molecule has 542 valence electrons. The van der Waals surface area contributed by atoms with Gasteiger partial charge in [0.2, 0.25) is 11.7 Å². The van der Waals surface area contributed by atoms with Crippen LogP contribution < -0.4 is 5.32 Å². The Kier molecular flexibility index (Phi) is 32.1. The minimum atomic E-state index is -2.68. The number of ether oxygens (including phenoxy) is 7. The van der Waals surface area contributed by atoms with E-state index < -0.39 is 228 Å². The smallest absolute Gasteiger partial charge is 0.308 e. The van der Waals surface area contributed by atoms with Crippen LogP contribution in [-0.2, 0) is 42.7 Å². The number of hydrogen-bond donors (Lipinski definition) is 19. The molecule has 5 fully saturated rings. The first kappa shape index (κ1) is 80.1. The maximum atomic E-state index is 14.7. The second-order valence-corrected chi connectivity index (χ2v) is 25.9. The van der Waals surface area contributed by atoms with Crippen LogP contribution in [0.25, 0.3) is 0 Å². The Balaban J connectivity index is 1.27. The molecule has 95 heavy (non-hydrogen) atoms. The lowest BCUT2D eigenvalue weighted by molar-refractivity contribution is -0.368. The van der Waals surface area contributed by atoms with Gasteiger partial charge in [0.25, 0.3) is 0 Å². The van der Waals surface area contributed by atoms with Crippen LogP contribution in [0.4, 0.5) is 0 Å². The summed E-state index contributed by atoms with van der Waals surface area (Å²) in [5.41, 5.74) is 0. The van der Waals surface area contributed by atoms with Crippen LogP contribution in [-0.4, -0.2) is 325 Å². The highest BCUT2D eigenvalue weighted by atomic mass is 16.7. The van der Waals surface area contributed by atoms with Gasteiger partial charge in [-0.1, -0.05) is 98.9 Å². The van der Waals surface area contributed by atoms with Crippen molar-refractivity contribution in [3.8, 4) is 0 Å². The van der Waals surface area contributed by atoms with Crippen molar-refractivity contribution in [3.05, 3.63) is 85.1 Å². The van der Waals surface area contributed by atoms with Gasteiger partial charge in [-0.05, 0) is 33.1 Å². The average molecular weight is 1360 g/mol. The maximum absolute atomic E-state index is 14.7. The van der Waals surface area contributed by atoms with Crippen molar-refractivity contribution in [2.45, 2.75) is 231 Å². The zero-order chi connectivity index (χ0) is 69.9. The summed E-state index contributed by atoms with van der Waals surface area (Å²) in [5.74, 6) is -8.68. The Hall–Kier alpha value is -3.92. The van der Waals surface area contributed by atoms with Gasteiger partial charge in [0.15, 0.2) is 18.4 Å². The highest BCUT2D eigenvalue weighted by Crippen LogP contribution is 2.40. The number of amides is 1. The molecule has 6 aliphatic rings. The molecule has 6 rings (SSSR count). The Morgan fingerprint density at radius 2 is 1.22 bits per heavy atom. The van der Waals surface area contributed by atoms with Crippen molar-refractivity contribution in [2.75, 3.05) is 59.1 Å². The fourth-order valence-corrected chi connectivity index (χ4v) is 12.5. The third-order valence-electron chi connectivity index (χ3n) is 18.5. The molecular weight excluding hydrogens is 1250 g/mol. The number of carbonyl (C=O) groups excluding carboxylic acids is 2. The molecular formula is C65H105N3O27. The summed E-state index contributed by atoms with van der Waals surface area (Å²) in [4.78, 5) is 31.0. The number of allylic oxidation sites excluding steroid dienone is 12. The largest absolute Gasteiger partial charge is 0.462 e. The summed E-state index contributed by atoms with van der Waals surface area (Å²) in [7, 11) is 0. The molecule has 0 radical (unpaired) electrons. The fraction of sp³-hybridized carbons (Fsp3) is 0.754. The number of aliphatic hydroxyl groups excluding tert-OH is 16. The number of β-amino-alcohol motifs (C(OH)–C–C–N with tert-alkyl or cyclic N) is 1. The molecule has 6 aliphatic heterocycles. The van der Waals surface area contributed by atoms with E-state index >= 15 is 0 Å². The number of esters is 1. The van der Waals surface area contributed by atoms with E-state index in [4.69, 9.17) is 33.2 Å². The van der Waals surface area contributed by atoms with Crippen molar-refractivity contribution in [2.24, 2.45) is 17.8 Å². The Morgan fingerprint density at radius 3 is 1.84 bits per heavy atom. The minimum Gasteiger partial charge on any atom is -0.462 e. The Labute approximate surface area is 553 Å². The Morgan fingerprint density at radius 1 is 0.611 bits per heavy atom. The van der Waals surface area contributed by atoms with E-state index in [-0.39, 0.29) is 44.9 Å². The molecule has 5 unspecified atom stereocenters. The molecule has 0 aromatic carbocycles. The molecule has 0 aliphatic carbocycles. The average Bonchev–Trinajstić information content (AvgIpc) is 0.786. The normalized spacial score (nSPS) is 45.9. The monoisotopic (exact) mass is 1360 g/mol. The molecule has 0 spiro atoms. The first-order valence-electron chi connectivity index (χ1n) is 32.7. The first-order chi connectivity index (χ1) is 45.0. The predicted octanol–water partition coefficient (Wildman–Crippen LogP) is -4.98. The number of nitrogens with zero attached hydrogens (tertiary/aromatic N) is 2. The molecule has 0 aromatic rings. The number of fused-ring (bicyclic) bond motifs is 2. The third kappa shape index (κ3) is 23.1. The number of carbonyl (C=O) groups is 2. The molecule has 6 heterocycles. The van der Waals surface area contributed by atoms with Crippen LogP contribution >= 0.6 is 0 Å². The third-order valence-corrected chi connectivity index (χ3v) is 18.5. The van der Waals surface area contributed by atoms with Gasteiger partial charge in [-0.3, -0.25) is 14.5 Å². The number of piperazine rings is 1. The van der Waals surface area contributed by atoms with Crippen LogP contribution in [0.3, 0.4) is 0 Å². The van der Waals surface area contributed by atoms with Crippen molar-refractivity contribution in [1.29, 1.82) is 0 Å². The van der Waals surface area contributed by atoms with Gasteiger partial charge in [0.05, 0.1) is 112 Å². The Bertz CT molecular complexity index is 2540. The van der Waals surface area contributed by atoms with Gasteiger partial charge in [0, 0.05) is 70.2 Å². The van der Waals surface area contributed by atoms with Crippen molar-refractivity contribution < 1.29 is 135 Å². The van der Waals surface area contributed by atoms with Gasteiger partial charge in [0.1, 0.15) is 54.9 Å². The van der Waals surface area contributed by atoms with E-state index in [9.17, 15) is 102 Å². The second-order valence-electron chi connectivity index (χ2n) is 25.9. The number of aliphatic hydroxyl groups is 18. The molecule has 0 saturated carbocycles. The maximum Gasteiger partial charge on any atom is 0.308 e. The van der Waals surface area contributed by atoms with Crippen LogP contribution in [0, 0.1) is 17.8 Å². The van der Waals surface area contributed by atoms with E-state index in [2.05, 4.69) is 5.32 Å². The molecule has 5 saturated heterocycles. The lowest BCUT2D eigenvalue weighted by atomic mass is 9.81. The van der Waals surface area contributed by atoms with E-state index in [0.29, 0.717) is 19.6 Å². The van der Waals surface area contributed by atoms with E-state index in [1.54, 1.807) is 92.8 Å². The van der Waals surface area contributed by atoms with Crippen LogP contribution in [0.5, 0.6) is 0 Å². The van der Waals surface area contributed by atoms with Gasteiger partial charge >= 0.3 is 5.97 Å². The van der Waals surface area contributed by atoms with Crippen LogP contribution in [0.2, 0.25) is 0 Å². The SMILES string of the molecule is CC1[C@H](C)OC(=O)C[C@H](O)C[C@H](O)CC[C@@H](O)[C@H](O)C[C@H](O)C[C@]2(O)C[C@H](O)C(C(=O)N3CCN(CCO)CC3)C(C[C@@H](OC3O[C@H](C)[C@@H](O)[C@H](NC[C@@]4(O)OC[C@@H](O)[C@@H](OC5O[C@H](CO)[C@H](O)[C@H](O)[C@H]5O)[C@@H]4O)[C@@H]3O)/C=C/C=C/C=C/C=C/C=C/C=C/C=C/[C@H](C)[C@H]1O)O2. The number of nitrogens with one attached hydrogen (secondary N) is 1. The highest BCUT2D eigenvalue weighted by Gasteiger charge is 2.56. The fourth-order valence-electron chi connectivity index (χ4n) is 12.5. The topological polar surface area (TPSA) is 481 Å².